The monoisotopic (exact) mass is 257 g/mol. The molecule has 2 aromatic rings. The van der Waals surface area contributed by atoms with Gasteiger partial charge in [-0.25, -0.2) is 0 Å². The fourth-order valence-corrected chi connectivity index (χ4v) is 3.39. The standard InChI is InChI=1S/C16H23N3/c1-18-12-8-6-11(7-9-12)16(17)14-10-19-15-5-3-2-4-13(14)15/h2-5,10-12,16,18-19H,6-9,17H2,1H3. The lowest BCUT2D eigenvalue weighted by molar-refractivity contribution is 0.267. The number of para-hydroxylation sites is 1. The van der Waals surface area contributed by atoms with Crippen LogP contribution in [-0.4, -0.2) is 18.1 Å². The number of fused-ring (bicyclic) bond motifs is 1. The Morgan fingerprint density at radius 3 is 2.68 bits per heavy atom. The molecule has 4 N–H and O–H groups in total. The summed E-state index contributed by atoms with van der Waals surface area (Å²) in [5, 5.41) is 4.66. The summed E-state index contributed by atoms with van der Waals surface area (Å²) in [4.78, 5) is 3.34. The Morgan fingerprint density at radius 1 is 1.21 bits per heavy atom. The first-order valence-electron chi connectivity index (χ1n) is 7.28. The minimum Gasteiger partial charge on any atom is -0.361 e. The fraction of sp³-hybridized carbons (Fsp3) is 0.500. The highest BCUT2D eigenvalue weighted by Crippen LogP contribution is 2.35. The van der Waals surface area contributed by atoms with E-state index in [0.717, 1.165) is 0 Å². The summed E-state index contributed by atoms with van der Waals surface area (Å²) in [6.45, 7) is 0. The highest BCUT2D eigenvalue weighted by atomic mass is 14.9. The predicted molar refractivity (Wildman–Crippen MR) is 80.0 cm³/mol. The third kappa shape index (κ3) is 2.40. The van der Waals surface area contributed by atoms with Gasteiger partial charge in [-0.1, -0.05) is 18.2 Å². The van der Waals surface area contributed by atoms with E-state index in [0.29, 0.717) is 12.0 Å². The SMILES string of the molecule is CNC1CCC(C(N)c2c[nH]c3ccccc23)CC1. The van der Waals surface area contributed by atoms with Gasteiger partial charge in [-0.15, -0.1) is 0 Å². The lowest BCUT2D eigenvalue weighted by Crippen LogP contribution is -2.33. The Morgan fingerprint density at radius 2 is 1.95 bits per heavy atom. The van der Waals surface area contributed by atoms with Crippen molar-refractivity contribution in [2.45, 2.75) is 37.8 Å². The highest BCUT2D eigenvalue weighted by Gasteiger charge is 2.26. The number of benzene rings is 1. The molecule has 1 aromatic carbocycles. The van der Waals surface area contributed by atoms with Crippen molar-refractivity contribution in [2.24, 2.45) is 11.7 Å². The van der Waals surface area contributed by atoms with Gasteiger partial charge in [0.25, 0.3) is 0 Å². The van der Waals surface area contributed by atoms with Crippen molar-refractivity contribution in [3.63, 3.8) is 0 Å². The van der Waals surface area contributed by atoms with E-state index in [4.69, 9.17) is 5.73 Å². The average molecular weight is 257 g/mol. The third-order valence-corrected chi connectivity index (χ3v) is 4.67. The van der Waals surface area contributed by atoms with E-state index >= 15 is 0 Å². The Kier molecular flexibility index (Phi) is 3.58. The molecule has 0 amide bonds. The maximum Gasteiger partial charge on any atom is 0.0457 e. The summed E-state index contributed by atoms with van der Waals surface area (Å²) in [5.74, 6) is 0.615. The van der Waals surface area contributed by atoms with Crippen molar-refractivity contribution in [1.82, 2.24) is 10.3 Å². The van der Waals surface area contributed by atoms with Crippen LogP contribution in [0.25, 0.3) is 10.9 Å². The molecule has 0 bridgehead atoms. The molecule has 1 aromatic heterocycles. The van der Waals surface area contributed by atoms with Crippen LogP contribution in [0.1, 0.15) is 37.3 Å². The van der Waals surface area contributed by atoms with Crippen LogP contribution in [0.4, 0.5) is 0 Å². The van der Waals surface area contributed by atoms with E-state index in [1.165, 1.54) is 42.1 Å². The van der Waals surface area contributed by atoms with Crippen LogP contribution in [-0.2, 0) is 0 Å². The molecule has 0 radical (unpaired) electrons. The van der Waals surface area contributed by atoms with E-state index in [1.54, 1.807) is 0 Å². The van der Waals surface area contributed by atoms with E-state index in [1.807, 2.05) is 0 Å². The molecule has 1 fully saturated rings. The summed E-state index contributed by atoms with van der Waals surface area (Å²) >= 11 is 0. The molecule has 3 rings (SSSR count). The molecule has 1 aliphatic rings. The maximum atomic E-state index is 6.53. The minimum absolute atomic E-state index is 0.161. The van der Waals surface area contributed by atoms with Crippen molar-refractivity contribution in [1.29, 1.82) is 0 Å². The smallest absolute Gasteiger partial charge is 0.0457 e. The van der Waals surface area contributed by atoms with Gasteiger partial charge in [-0.3, -0.25) is 0 Å². The third-order valence-electron chi connectivity index (χ3n) is 4.67. The van der Waals surface area contributed by atoms with Crippen molar-refractivity contribution < 1.29 is 0 Å². The number of aromatic amines is 1. The van der Waals surface area contributed by atoms with Gasteiger partial charge in [0.15, 0.2) is 0 Å². The summed E-state index contributed by atoms with van der Waals surface area (Å²) in [6.07, 6.45) is 7.05. The van der Waals surface area contributed by atoms with Crippen LogP contribution in [0.3, 0.4) is 0 Å². The van der Waals surface area contributed by atoms with Gasteiger partial charge < -0.3 is 16.0 Å². The average Bonchev–Trinajstić information content (AvgIpc) is 2.90. The number of H-pyrrole nitrogens is 1. The van der Waals surface area contributed by atoms with E-state index in [9.17, 15) is 0 Å². The van der Waals surface area contributed by atoms with Crippen LogP contribution in [0.15, 0.2) is 30.5 Å². The molecule has 1 heterocycles. The number of hydrogen-bond donors (Lipinski definition) is 3. The van der Waals surface area contributed by atoms with Crippen LogP contribution < -0.4 is 11.1 Å². The first kappa shape index (κ1) is 12.7. The van der Waals surface area contributed by atoms with Crippen molar-refractivity contribution in [3.8, 4) is 0 Å². The van der Waals surface area contributed by atoms with Crippen LogP contribution in [0.5, 0.6) is 0 Å². The zero-order chi connectivity index (χ0) is 13.2. The Hall–Kier alpha value is -1.32. The topological polar surface area (TPSA) is 53.8 Å². The number of nitrogens with two attached hydrogens (primary N) is 1. The molecule has 3 nitrogen and oxygen atoms in total. The second kappa shape index (κ2) is 5.35. The lowest BCUT2D eigenvalue weighted by atomic mass is 9.79. The molecule has 3 heteroatoms. The van der Waals surface area contributed by atoms with Crippen molar-refractivity contribution >= 4 is 10.9 Å². The van der Waals surface area contributed by atoms with Gasteiger partial charge >= 0.3 is 0 Å². The summed E-state index contributed by atoms with van der Waals surface area (Å²) < 4.78 is 0. The fourth-order valence-electron chi connectivity index (χ4n) is 3.39. The van der Waals surface area contributed by atoms with Crippen LogP contribution in [0.2, 0.25) is 0 Å². The van der Waals surface area contributed by atoms with E-state index in [2.05, 4.69) is 47.8 Å². The van der Waals surface area contributed by atoms with Crippen molar-refractivity contribution in [3.05, 3.63) is 36.0 Å². The second-order valence-corrected chi connectivity index (χ2v) is 5.72. The molecule has 1 aliphatic carbocycles. The number of rotatable bonds is 3. The molecule has 0 saturated heterocycles. The maximum absolute atomic E-state index is 6.53. The highest BCUT2D eigenvalue weighted by molar-refractivity contribution is 5.83. The van der Waals surface area contributed by atoms with Gasteiger partial charge in [0.1, 0.15) is 0 Å². The van der Waals surface area contributed by atoms with Gasteiger partial charge in [-0.05, 0) is 50.3 Å². The molecular formula is C16H23N3. The van der Waals surface area contributed by atoms with Gasteiger partial charge in [0.2, 0.25) is 0 Å². The minimum atomic E-state index is 0.161. The molecule has 0 aliphatic heterocycles. The van der Waals surface area contributed by atoms with Crippen LogP contribution >= 0.6 is 0 Å². The van der Waals surface area contributed by atoms with Crippen molar-refractivity contribution in [2.75, 3.05) is 7.05 Å². The normalized spacial score (nSPS) is 25.6. The molecule has 1 unspecified atom stereocenters. The Labute approximate surface area is 114 Å². The largest absolute Gasteiger partial charge is 0.361 e. The molecule has 102 valence electrons. The Bertz CT molecular complexity index is 538. The first-order valence-corrected chi connectivity index (χ1v) is 7.28. The zero-order valence-electron chi connectivity index (χ0n) is 11.5. The summed E-state index contributed by atoms with van der Waals surface area (Å²) in [5.41, 5.74) is 9.00. The lowest BCUT2D eigenvalue weighted by Gasteiger charge is -2.32. The van der Waals surface area contributed by atoms with Gasteiger partial charge in [0.05, 0.1) is 0 Å². The quantitative estimate of drug-likeness (QED) is 0.792. The van der Waals surface area contributed by atoms with Crippen LogP contribution in [0, 0.1) is 5.92 Å². The summed E-state index contributed by atoms with van der Waals surface area (Å²) in [6, 6.07) is 9.28. The zero-order valence-corrected chi connectivity index (χ0v) is 11.5. The first-order chi connectivity index (χ1) is 9.29. The van der Waals surface area contributed by atoms with Gasteiger partial charge in [-0.2, -0.15) is 0 Å². The molecule has 19 heavy (non-hydrogen) atoms. The predicted octanol–water partition coefficient (Wildman–Crippen LogP) is 2.95. The van der Waals surface area contributed by atoms with E-state index < -0.39 is 0 Å². The molecule has 0 spiro atoms. The summed E-state index contributed by atoms with van der Waals surface area (Å²) in [7, 11) is 2.06. The number of nitrogens with one attached hydrogen (secondary N) is 2. The van der Waals surface area contributed by atoms with E-state index in [-0.39, 0.29) is 6.04 Å². The second-order valence-electron chi connectivity index (χ2n) is 5.72. The molecule has 1 saturated carbocycles. The Balaban J connectivity index is 1.79. The molecular weight excluding hydrogens is 234 g/mol. The molecule has 1 atom stereocenters. The number of hydrogen-bond acceptors (Lipinski definition) is 2. The number of aromatic nitrogens is 1. The van der Waals surface area contributed by atoms with Gasteiger partial charge in [0, 0.05) is 29.2 Å².